The van der Waals surface area contributed by atoms with Crippen LogP contribution in [0.25, 0.3) is 6.08 Å². The second-order valence-electron chi connectivity index (χ2n) is 26.9. The normalized spacial score (nSPS) is 27.7. The number of thiazole rings is 4. The Morgan fingerprint density at radius 2 is 1.48 bits per heavy atom. The number of pyridine rings is 1. The summed E-state index contributed by atoms with van der Waals surface area (Å²) in [4.78, 5) is 190. The molecule has 0 saturated carbocycles. The number of aromatic nitrogens is 5. The molecule has 109 heavy (non-hydrogen) atoms. The fourth-order valence-corrected chi connectivity index (χ4v) is 16.9. The maximum absolute atomic E-state index is 15.3. The molecule has 0 radical (unpaired) electrons. The fraction of sp³-hybridized carbons (Fsp3) is 0.449. The van der Waals surface area contributed by atoms with Crippen LogP contribution in [-0.4, -0.2) is 192 Å². The fourth-order valence-electron chi connectivity index (χ4n) is 12.1. The molecule has 17 atom stereocenters. The van der Waals surface area contributed by atoms with Gasteiger partial charge in [-0.2, -0.15) is 0 Å². The Kier molecular flexibility index (Phi) is 25.2. The number of nitrogens with zero attached hydrogens (tertiary/aromatic N) is 7. The van der Waals surface area contributed by atoms with Gasteiger partial charge in [0.15, 0.2) is 0 Å². The van der Waals surface area contributed by atoms with Crippen molar-refractivity contribution in [1.29, 1.82) is 0 Å². The van der Waals surface area contributed by atoms with Crippen molar-refractivity contribution >= 4 is 139 Å². The summed E-state index contributed by atoms with van der Waals surface area (Å²) < 4.78 is 6.26. The molecule has 580 valence electrons. The highest BCUT2D eigenvalue weighted by Crippen LogP contribution is 2.48. The minimum Gasteiger partial charge on any atom is -0.455 e. The molecule has 0 saturated heterocycles. The first kappa shape index (κ1) is 81.8. The molecule has 5 aromatic heterocycles. The number of ether oxygens (including phenoxy) is 1. The van der Waals surface area contributed by atoms with Crippen LogP contribution in [0.1, 0.15) is 203 Å². The van der Waals surface area contributed by atoms with Gasteiger partial charge in [-0.3, -0.25) is 63.2 Å². The van der Waals surface area contributed by atoms with Gasteiger partial charge >= 0.3 is 5.97 Å². The van der Waals surface area contributed by atoms with E-state index in [4.69, 9.17) is 25.4 Å². The largest absolute Gasteiger partial charge is 0.455 e. The summed E-state index contributed by atoms with van der Waals surface area (Å²) in [6.45, 7) is 21.6. The number of allylic oxidation sites excluding steroid dienone is 1. The number of primary amides is 1. The van der Waals surface area contributed by atoms with E-state index in [2.05, 4.69) is 86.3 Å². The van der Waals surface area contributed by atoms with Crippen LogP contribution in [0.4, 0.5) is 0 Å². The van der Waals surface area contributed by atoms with Crippen LogP contribution >= 0.6 is 57.1 Å². The number of amides is 10. The van der Waals surface area contributed by atoms with Crippen LogP contribution in [0.5, 0.6) is 0 Å². The van der Waals surface area contributed by atoms with Crippen molar-refractivity contribution in [3.63, 3.8) is 0 Å². The van der Waals surface area contributed by atoms with Crippen LogP contribution in [0.15, 0.2) is 80.0 Å². The van der Waals surface area contributed by atoms with E-state index < -0.39 is 184 Å². The Bertz CT molecular complexity index is 4630. The third-order valence-electron chi connectivity index (χ3n) is 18.9. The SMILES string of the molecule is C=C(NC(=O)c1csc(C2=N[C@@H]3c4csc(n4)[C@H]4NC(=O)c5csc(n5)[C@H]([C@](C)(O)[C@@H](C)O)NC(=O)[C@H]5CSC(=N5)/C(=C/C)NC(=O)[C@H]([C@@H](C)O)NC(=O)c5csc(n5)C3(CC2)NC(=O)[C@H](C)NC(=O)C(=C)NC(=O)[C@H](C)NC(=O)[C@H]([C@@H](C)CC)NC2C=Cc3c([C@H](C)O)cc(nc3[C@H]2O)C(=O)O[C@@H]4C)n1)C(N)=O. The van der Waals surface area contributed by atoms with Crippen LogP contribution in [0.2, 0.25) is 0 Å². The van der Waals surface area contributed by atoms with E-state index in [-0.39, 0.29) is 94.7 Å². The monoisotopic (exact) mass is 1590 g/mol. The molecular formula is C69H82N18O17S5. The number of aliphatic imine (C=N–C) groups is 2. The van der Waals surface area contributed by atoms with Gasteiger partial charge in [-0.1, -0.05) is 51.7 Å². The zero-order valence-electron chi connectivity index (χ0n) is 60.4. The number of rotatable bonds is 10. The number of aliphatic hydroxyl groups is 5. The molecule has 2 unspecified atom stereocenters. The highest BCUT2D eigenvalue weighted by Gasteiger charge is 2.51. The molecule has 13 bridgehead atoms. The van der Waals surface area contributed by atoms with E-state index in [9.17, 15) is 63.9 Å². The third-order valence-corrected chi connectivity index (χ3v) is 23.8. The van der Waals surface area contributed by atoms with Crippen molar-refractivity contribution in [1.82, 2.24) is 78.1 Å². The van der Waals surface area contributed by atoms with Gasteiger partial charge in [0.05, 0.1) is 64.6 Å². The first-order valence-electron chi connectivity index (χ1n) is 34.3. The number of carbonyl (C=O) groups excluding carboxylic acids is 11. The minimum atomic E-state index is -2.19. The van der Waals surface area contributed by atoms with E-state index >= 15 is 14.4 Å². The molecule has 0 fully saturated rings. The Morgan fingerprint density at radius 1 is 0.789 bits per heavy atom. The Balaban J connectivity index is 1.18. The Morgan fingerprint density at radius 3 is 2.16 bits per heavy atom. The number of nitrogens with two attached hydrogens (primary N) is 1. The molecule has 40 heteroatoms. The van der Waals surface area contributed by atoms with Gasteiger partial charge in [-0.05, 0) is 85.8 Å². The van der Waals surface area contributed by atoms with Crippen molar-refractivity contribution in [3.8, 4) is 0 Å². The number of nitrogens with one attached hydrogen (secondary N) is 10. The number of hydrogen-bond acceptors (Lipinski definition) is 30. The smallest absolute Gasteiger partial charge is 0.357 e. The lowest BCUT2D eigenvalue weighted by Crippen LogP contribution is -2.57. The number of esters is 1. The summed E-state index contributed by atoms with van der Waals surface area (Å²) in [6, 6.07) is -11.4. The lowest BCUT2D eigenvalue weighted by molar-refractivity contribution is -0.131. The summed E-state index contributed by atoms with van der Waals surface area (Å²) in [5.74, 6) is -10.8. The van der Waals surface area contributed by atoms with Crippen molar-refractivity contribution in [2.75, 3.05) is 5.75 Å². The predicted molar refractivity (Wildman–Crippen MR) is 401 cm³/mol. The van der Waals surface area contributed by atoms with Gasteiger partial charge in [-0.25, -0.2) is 29.7 Å². The summed E-state index contributed by atoms with van der Waals surface area (Å²) >= 11 is 4.53. The summed E-state index contributed by atoms with van der Waals surface area (Å²) in [5.41, 5.74) is -0.726. The second kappa shape index (κ2) is 33.6. The van der Waals surface area contributed by atoms with E-state index in [0.29, 0.717) is 6.42 Å². The zero-order valence-corrected chi connectivity index (χ0v) is 64.5. The van der Waals surface area contributed by atoms with Gasteiger partial charge < -0.3 is 83.9 Å². The third kappa shape index (κ3) is 17.6. The van der Waals surface area contributed by atoms with Gasteiger partial charge in [0, 0.05) is 32.8 Å². The maximum atomic E-state index is 15.3. The number of aliphatic hydroxyl groups excluding tert-OH is 4. The molecule has 4 aliphatic heterocycles. The topological polar surface area (TPSA) is 534 Å². The standard InChI is InChI=1S/C69H82N18O17S5/c1-13-25(3)45-60(100)74-28(6)54(94)72-27(5)53(93)73-29(7)55(95)87-69-18-17-38(63-81-41(21-106-63)56(96)71-26(4)52(70)92)77-50(69)40-20-107-64(79-40)47(32(10)104-66(102)39-19-35(30(8)88)34-15-16-37(75-45)49(91)48(34)76-39)85-57(97)42-23-108-65(82-42)51(68(12,103)33(11)90)86-59(99)43-22-105-62(80-43)36(14-2)78-61(101)46(31(9)89)84-58(98)44-24-109-67(69)83-44/h14-16,19-21,23-25,28-33,37,43,45-47,49-51,75,88-91,103H,4-5,13,17-18,22H2,1-3,6-12H3,(H2,70,92)(H,71,96)(H,72,94)(H,73,93)(H,74,100)(H,78,101)(H,84,98)(H,85,97)(H,86,99)(H,87,95)/b36-14-/t25-,28-,29-,30-,31+,32+,33+,37?,43+,45-,46-,47-,49-,50+,51+,68+,69?/m0/s1. The lowest BCUT2D eigenvalue weighted by atomic mass is 9.80. The van der Waals surface area contributed by atoms with Crippen LogP contribution < -0.4 is 58.9 Å². The number of cyclic esters (lactones) is 1. The van der Waals surface area contributed by atoms with Crippen molar-refractivity contribution in [2.45, 2.75) is 185 Å². The first-order valence-corrected chi connectivity index (χ1v) is 38.8. The number of thioether (sulfide) groups is 1. The Hall–Kier alpha value is -9.75. The summed E-state index contributed by atoms with van der Waals surface area (Å²) in [7, 11) is 0. The molecule has 10 rings (SSSR count). The summed E-state index contributed by atoms with van der Waals surface area (Å²) in [5, 5.41) is 90.3. The van der Waals surface area contributed by atoms with E-state index in [0.717, 1.165) is 57.1 Å². The number of hydrogen-bond donors (Lipinski definition) is 16. The highest BCUT2D eigenvalue weighted by atomic mass is 32.2. The van der Waals surface area contributed by atoms with Crippen molar-refractivity contribution in [2.24, 2.45) is 21.6 Å². The predicted octanol–water partition coefficient (Wildman–Crippen LogP) is 1.14. The second-order valence-corrected chi connectivity index (χ2v) is 31.4. The van der Waals surface area contributed by atoms with Gasteiger partial charge in [-0.15, -0.1) is 57.1 Å². The molecular weight excluding hydrogens is 1510 g/mol. The highest BCUT2D eigenvalue weighted by molar-refractivity contribution is 8.14. The summed E-state index contributed by atoms with van der Waals surface area (Å²) in [6.07, 6.45) is -2.98. The van der Waals surface area contributed by atoms with Crippen molar-refractivity contribution < 1.29 is 83.0 Å². The molecule has 5 aliphatic rings. The molecule has 10 amide bonds. The first-order chi connectivity index (χ1) is 51.4. The lowest BCUT2D eigenvalue weighted by Gasteiger charge is -2.41. The molecule has 17 N–H and O–H groups in total. The van der Waals surface area contributed by atoms with Gasteiger partial charge in [0.25, 0.3) is 29.5 Å². The maximum Gasteiger partial charge on any atom is 0.357 e. The molecule has 0 spiro atoms. The molecule has 0 aromatic carbocycles. The van der Waals surface area contributed by atoms with Crippen LogP contribution in [0.3, 0.4) is 0 Å². The minimum absolute atomic E-state index is 0.00469. The number of fused-ring (bicyclic) bond motifs is 7. The van der Waals surface area contributed by atoms with E-state index in [1.807, 2.05) is 6.92 Å². The molecule has 5 aromatic rings. The van der Waals surface area contributed by atoms with Crippen LogP contribution in [-0.2, 0) is 43.8 Å². The van der Waals surface area contributed by atoms with Gasteiger partial charge in [0.1, 0.15) is 113 Å². The van der Waals surface area contributed by atoms with Crippen LogP contribution in [0, 0.1) is 5.92 Å². The molecule has 9 heterocycles. The van der Waals surface area contributed by atoms with E-state index in [1.54, 1.807) is 26.0 Å². The number of carbonyl (C=O) groups is 11. The average molecular weight is 1600 g/mol. The van der Waals surface area contributed by atoms with Gasteiger partial charge in [0.2, 0.25) is 29.5 Å². The van der Waals surface area contributed by atoms with E-state index in [1.165, 1.54) is 82.1 Å². The molecule has 1 aliphatic carbocycles. The Labute approximate surface area is 643 Å². The average Bonchev–Trinajstić information content (AvgIpc) is 1.66. The van der Waals surface area contributed by atoms with Crippen molar-refractivity contribution in [3.05, 3.63) is 135 Å². The molecule has 35 nitrogen and oxygen atoms in total. The zero-order chi connectivity index (χ0) is 79.6. The quantitative estimate of drug-likeness (QED) is 0.0688.